The van der Waals surface area contributed by atoms with Crippen LogP contribution in [0, 0.1) is 6.92 Å². The smallest absolute Gasteiger partial charge is 0.345 e. The minimum absolute atomic E-state index is 0.00832. The third-order valence-corrected chi connectivity index (χ3v) is 6.28. The number of carboxylic acids is 1. The zero-order valence-corrected chi connectivity index (χ0v) is 14.4. The summed E-state index contributed by atoms with van der Waals surface area (Å²) in [6, 6.07) is 2.61. The predicted octanol–water partition coefficient (Wildman–Crippen LogP) is 3.37. The SMILES string of the molecule is Cc1cnc(Cl)c(NS(=O)(=O)c2cc(C(=O)O)sc2Br)c1. The Balaban J connectivity index is 2.43. The summed E-state index contributed by atoms with van der Waals surface area (Å²) < 4.78 is 27.1. The lowest BCUT2D eigenvalue weighted by atomic mass is 10.3. The Morgan fingerprint density at radius 2 is 2.14 bits per heavy atom. The maximum atomic E-state index is 12.3. The molecule has 112 valence electrons. The van der Waals surface area contributed by atoms with E-state index < -0.39 is 16.0 Å². The van der Waals surface area contributed by atoms with Crippen molar-refractivity contribution in [2.75, 3.05) is 4.72 Å². The van der Waals surface area contributed by atoms with Gasteiger partial charge in [0.05, 0.1) is 9.47 Å². The number of nitrogens with one attached hydrogen (secondary N) is 1. The number of hydrogen-bond donors (Lipinski definition) is 2. The number of rotatable bonds is 4. The van der Waals surface area contributed by atoms with Crippen LogP contribution in [0.4, 0.5) is 5.69 Å². The van der Waals surface area contributed by atoms with E-state index in [1.807, 2.05) is 0 Å². The van der Waals surface area contributed by atoms with E-state index >= 15 is 0 Å². The molecule has 0 aliphatic rings. The molecule has 2 aromatic heterocycles. The van der Waals surface area contributed by atoms with Crippen molar-refractivity contribution in [3.05, 3.63) is 37.7 Å². The molecule has 0 amide bonds. The van der Waals surface area contributed by atoms with Gasteiger partial charge in [0.2, 0.25) is 0 Å². The van der Waals surface area contributed by atoms with Crippen molar-refractivity contribution in [2.45, 2.75) is 11.8 Å². The number of aryl methyl sites for hydroxylation is 1. The Morgan fingerprint density at radius 1 is 1.48 bits per heavy atom. The largest absolute Gasteiger partial charge is 0.477 e. The number of pyridine rings is 1. The maximum absolute atomic E-state index is 12.3. The third kappa shape index (κ3) is 3.54. The fourth-order valence-corrected chi connectivity index (χ4v) is 5.13. The number of sulfonamides is 1. The van der Waals surface area contributed by atoms with E-state index in [9.17, 15) is 13.2 Å². The van der Waals surface area contributed by atoms with Gasteiger partial charge in [0.1, 0.15) is 9.77 Å². The fourth-order valence-electron chi connectivity index (χ4n) is 1.46. The van der Waals surface area contributed by atoms with Crippen molar-refractivity contribution < 1.29 is 18.3 Å². The topological polar surface area (TPSA) is 96.4 Å². The number of hydrogen-bond acceptors (Lipinski definition) is 5. The summed E-state index contributed by atoms with van der Waals surface area (Å²) in [5.41, 5.74) is 0.861. The summed E-state index contributed by atoms with van der Waals surface area (Å²) in [6.45, 7) is 1.74. The monoisotopic (exact) mass is 410 g/mol. The van der Waals surface area contributed by atoms with Gasteiger partial charge in [-0.1, -0.05) is 11.6 Å². The van der Waals surface area contributed by atoms with Gasteiger partial charge < -0.3 is 5.11 Å². The molecule has 0 aromatic carbocycles. The molecule has 0 atom stereocenters. The van der Waals surface area contributed by atoms with Crippen LogP contribution in [-0.2, 0) is 10.0 Å². The van der Waals surface area contributed by atoms with Crippen molar-refractivity contribution in [3.63, 3.8) is 0 Å². The van der Waals surface area contributed by atoms with Gasteiger partial charge in [-0.3, -0.25) is 4.72 Å². The van der Waals surface area contributed by atoms with Crippen LogP contribution in [0.5, 0.6) is 0 Å². The van der Waals surface area contributed by atoms with Gasteiger partial charge in [0.15, 0.2) is 5.15 Å². The summed E-state index contributed by atoms with van der Waals surface area (Å²) in [5, 5.41) is 8.91. The van der Waals surface area contributed by atoms with E-state index in [-0.39, 0.29) is 24.4 Å². The molecule has 0 aliphatic heterocycles. The molecule has 0 bridgehead atoms. The van der Waals surface area contributed by atoms with Crippen molar-refractivity contribution in [1.29, 1.82) is 0 Å². The van der Waals surface area contributed by atoms with E-state index in [1.54, 1.807) is 6.92 Å². The minimum atomic E-state index is -3.97. The number of anilines is 1. The van der Waals surface area contributed by atoms with Crippen molar-refractivity contribution >= 4 is 60.5 Å². The second-order valence-corrected chi connectivity index (χ2v) is 8.39. The Hall–Kier alpha value is -1.16. The molecule has 0 saturated heterocycles. The van der Waals surface area contributed by atoms with Crippen molar-refractivity contribution in [3.8, 4) is 0 Å². The van der Waals surface area contributed by atoms with Gasteiger partial charge in [0, 0.05) is 6.20 Å². The summed E-state index contributed by atoms with van der Waals surface area (Å²) >= 11 is 9.72. The number of carbonyl (C=O) groups is 1. The molecule has 2 rings (SSSR count). The summed E-state index contributed by atoms with van der Waals surface area (Å²) in [6.07, 6.45) is 1.50. The zero-order valence-electron chi connectivity index (χ0n) is 10.4. The lowest BCUT2D eigenvalue weighted by molar-refractivity contribution is 0.0702. The van der Waals surface area contributed by atoms with Crippen LogP contribution in [0.25, 0.3) is 0 Å². The second kappa shape index (κ2) is 5.91. The van der Waals surface area contributed by atoms with Crippen molar-refractivity contribution in [2.24, 2.45) is 0 Å². The molecule has 0 radical (unpaired) electrons. The van der Waals surface area contributed by atoms with Gasteiger partial charge in [-0.15, -0.1) is 11.3 Å². The lowest BCUT2D eigenvalue weighted by Gasteiger charge is -2.09. The van der Waals surface area contributed by atoms with Crippen LogP contribution >= 0.6 is 38.9 Å². The molecule has 0 aliphatic carbocycles. The summed E-state index contributed by atoms with van der Waals surface area (Å²) in [4.78, 5) is 14.5. The number of carboxylic acid groups (broad SMARTS) is 1. The minimum Gasteiger partial charge on any atom is -0.477 e. The highest BCUT2D eigenvalue weighted by Crippen LogP contribution is 2.33. The average Bonchev–Trinajstić information content (AvgIpc) is 2.77. The number of nitrogens with zero attached hydrogens (tertiary/aromatic N) is 1. The lowest BCUT2D eigenvalue weighted by Crippen LogP contribution is -2.13. The van der Waals surface area contributed by atoms with E-state index in [2.05, 4.69) is 25.6 Å². The van der Waals surface area contributed by atoms with Crippen molar-refractivity contribution in [1.82, 2.24) is 4.98 Å². The normalized spacial score (nSPS) is 11.4. The Morgan fingerprint density at radius 3 is 2.71 bits per heavy atom. The first-order chi connectivity index (χ1) is 9.70. The fraction of sp³-hybridized carbons (Fsp3) is 0.0909. The van der Waals surface area contributed by atoms with Gasteiger partial charge >= 0.3 is 5.97 Å². The summed E-state index contributed by atoms with van der Waals surface area (Å²) in [5.74, 6) is -1.20. The number of thiophene rings is 1. The molecule has 21 heavy (non-hydrogen) atoms. The average molecular weight is 412 g/mol. The van der Waals surface area contributed by atoms with E-state index in [0.29, 0.717) is 0 Å². The van der Waals surface area contributed by atoms with Crippen LogP contribution in [-0.4, -0.2) is 24.5 Å². The molecule has 0 unspecified atom stereocenters. The highest BCUT2D eigenvalue weighted by molar-refractivity contribution is 9.11. The molecule has 0 spiro atoms. The maximum Gasteiger partial charge on any atom is 0.345 e. The van der Waals surface area contributed by atoms with Gasteiger partial charge in [0.25, 0.3) is 10.0 Å². The standard InChI is InChI=1S/C11H8BrClN2O4S2/c1-5-2-6(10(13)14-4-5)15-21(18,19)8-3-7(11(16)17)20-9(8)12/h2-4,15H,1H3,(H,16,17). The molecule has 2 heterocycles. The highest BCUT2D eigenvalue weighted by Gasteiger charge is 2.24. The molecule has 2 aromatic rings. The first-order valence-corrected chi connectivity index (χ1v) is 8.85. The third-order valence-electron chi connectivity index (χ3n) is 2.38. The number of aromatic nitrogens is 1. The van der Waals surface area contributed by atoms with E-state index in [0.717, 1.165) is 23.0 Å². The van der Waals surface area contributed by atoms with Crippen LogP contribution < -0.4 is 4.72 Å². The summed E-state index contributed by atoms with van der Waals surface area (Å²) in [7, 11) is -3.97. The molecule has 6 nitrogen and oxygen atoms in total. The Labute approximate surface area is 138 Å². The van der Waals surface area contributed by atoms with Gasteiger partial charge in [-0.2, -0.15) is 0 Å². The van der Waals surface area contributed by atoms with Crippen LogP contribution in [0.3, 0.4) is 0 Å². The molecule has 0 saturated carbocycles. The van der Waals surface area contributed by atoms with Gasteiger partial charge in [-0.25, -0.2) is 18.2 Å². The molecule has 0 fully saturated rings. The Kier molecular flexibility index (Phi) is 4.57. The van der Waals surface area contributed by atoms with E-state index in [4.69, 9.17) is 16.7 Å². The molecular weight excluding hydrogens is 404 g/mol. The van der Waals surface area contributed by atoms with Crippen LogP contribution in [0.1, 0.15) is 15.2 Å². The molecular formula is C11H8BrClN2O4S2. The highest BCUT2D eigenvalue weighted by atomic mass is 79.9. The van der Waals surface area contributed by atoms with Crippen LogP contribution in [0.15, 0.2) is 27.0 Å². The number of halogens is 2. The first kappa shape index (κ1) is 16.2. The predicted molar refractivity (Wildman–Crippen MR) is 83.8 cm³/mol. The Bertz CT molecular complexity index is 820. The molecule has 2 N–H and O–H groups in total. The zero-order chi connectivity index (χ0) is 15.8. The quantitative estimate of drug-likeness (QED) is 0.752. The van der Waals surface area contributed by atoms with Gasteiger partial charge in [-0.05, 0) is 40.5 Å². The van der Waals surface area contributed by atoms with E-state index in [1.165, 1.54) is 12.3 Å². The first-order valence-electron chi connectivity index (χ1n) is 5.38. The van der Waals surface area contributed by atoms with Crippen LogP contribution in [0.2, 0.25) is 5.15 Å². The number of aromatic carboxylic acids is 1. The second-order valence-electron chi connectivity index (χ2n) is 4.01. The molecule has 10 heteroatoms.